The molecule has 1 N–H and O–H groups in total. The number of rotatable bonds is 6. The van der Waals surface area contributed by atoms with Crippen LogP contribution in [-0.2, 0) is 11.0 Å². The number of nitrogens with one attached hydrogen (secondary N) is 1. The van der Waals surface area contributed by atoms with Gasteiger partial charge in [-0.05, 0) is 60.5 Å². The Morgan fingerprint density at radius 2 is 1.82 bits per heavy atom. The summed E-state index contributed by atoms with van der Waals surface area (Å²) < 4.78 is 45.3. The summed E-state index contributed by atoms with van der Waals surface area (Å²) in [6.07, 6.45) is -1.19. The number of quaternary nitrogens is 1. The van der Waals surface area contributed by atoms with E-state index in [2.05, 4.69) is 45.6 Å². The molecule has 10 nitrogen and oxygen atoms in total. The average Bonchev–Trinajstić information content (AvgIpc) is 3.64. The van der Waals surface area contributed by atoms with Crippen molar-refractivity contribution >= 4 is 17.5 Å². The van der Waals surface area contributed by atoms with Gasteiger partial charge in [-0.2, -0.15) is 28.5 Å². The van der Waals surface area contributed by atoms with Crippen LogP contribution in [0.1, 0.15) is 16.7 Å². The first-order valence-corrected chi connectivity index (χ1v) is 14.4. The Kier molecular flexibility index (Phi) is 7.64. The topological polar surface area (TPSA) is 104 Å². The average molecular weight is 615 g/mol. The predicted molar refractivity (Wildman–Crippen MR) is 162 cm³/mol. The number of halogens is 3. The molecule has 4 heterocycles. The monoisotopic (exact) mass is 614 g/mol. The molecule has 0 radical (unpaired) electrons. The molecule has 230 valence electrons. The highest BCUT2D eigenvalue weighted by Crippen LogP contribution is 2.38. The smallest absolute Gasteiger partial charge is 0.326 e. The third-order valence-corrected chi connectivity index (χ3v) is 8.19. The number of anilines is 1. The van der Waals surface area contributed by atoms with Gasteiger partial charge < -0.3 is 4.48 Å². The molecule has 45 heavy (non-hydrogen) atoms. The van der Waals surface area contributed by atoms with Crippen molar-refractivity contribution in [3.63, 3.8) is 0 Å². The van der Waals surface area contributed by atoms with Gasteiger partial charge in [-0.15, -0.1) is 5.10 Å². The molecular weight excluding hydrogens is 583 g/mol. The molecule has 1 aliphatic rings. The van der Waals surface area contributed by atoms with Gasteiger partial charge in [-0.1, -0.05) is 12.1 Å². The Hall–Kier alpha value is -5.06. The number of carbonyl (C=O) groups is 1. The molecule has 2 aromatic carbocycles. The van der Waals surface area contributed by atoms with Gasteiger partial charge in [0.2, 0.25) is 11.9 Å². The number of alkyl halides is 3. The van der Waals surface area contributed by atoms with Crippen molar-refractivity contribution in [2.45, 2.75) is 13.1 Å². The molecule has 0 unspecified atom stereocenters. The van der Waals surface area contributed by atoms with Crippen LogP contribution in [0.2, 0.25) is 0 Å². The molecule has 0 saturated carbocycles. The maximum atomic E-state index is 13.8. The van der Waals surface area contributed by atoms with Crippen LogP contribution in [0.25, 0.3) is 33.7 Å². The minimum absolute atomic E-state index is 0.0542. The van der Waals surface area contributed by atoms with Crippen LogP contribution in [0, 0.1) is 18.3 Å². The second-order valence-corrected chi connectivity index (χ2v) is 11.8. The molecule has 6 rings (SSSR count). The fourth-order valence-corrected chi connectivity index (χ4v) is 5.58. The van der Waals surface area contributed by atoms with Crippen LogP contribution in [0.15, 0.2) is 67.0 Å². The van der Waals surface area contributed by atoms with E-state index >= 15 is 0 Å². The molecule has 1 fully saturated rings. The molecule has 13 heteroatoms. The molecule has 1 saturated heterocycles. The fraction of sp³-hybridized carbons (Fsp3) is 0.281. The molecule has 0 atom stereocenters. The molecule has 0 bridgehead atoms. The van der Waals surface area contributed by atoms with Crippen molar-refractivity contribution < 1.29 is 22.4 Å². The lowest BCUT2D eigenvalue weighted by Gasteiger charge is -2.38. The zero-order chi connectivity index (χ0) is 31.9. The highest BCUT2D eigenvalue weighted by atomic mass is 19.4. The van der Waals surface area contributed by atoms with Crippen LogP contribution < -0.4 is 5.32 Å². The van der Waals surface area contributed by atoms with E-state index in [9.17, 15) is 23.2 Å². The van der Waals surface area contributed by atoms with Crippen LogP contribution in [0.3, 0.4) is 0 Å². The van der Waals surface area contributed by atoms with E-state index in [1.165, 1.54) is 10.6 Å². The maximum absolute atomic E-state index is 13.8. The summed E-state index contributed by atoms with van der Waals surface area (Å²) in [5.41, 5.74) is 3.39. The Labute approximate surface area is 257 Å². The molecule has 0 spiro atoms. The van der Waals surface area contributed by atoms with Gasteiger partial charge in [0.05, 0.1) is 68.5 Å². The largest absolute Gasteiger partial charge is 0.416 e. The molecular formula is C32H31F3N9O+. The molecule has 1 aliphatic heterocycles. The predicted octanol–water partition coefficient (Wildman–Crippen LogP) is 4.78. The Bertz CT molecular complexity index is 1920. The summed E-state index contributed by atoms with van der Waals surface area (Å²) in [5, 5.41) is 21.0. The number of nitriles is 1. The number of benzene rings is 2. The van der Waals surface area contributed by atoms with Crippen molar-refractivity contribution in [1.82, 2.24) is 29.3 Å². The number of pyridine rings is 1. The van der Waals surface area contributed by atoms with Crippen LogP contribution in [0.4, 0.5) is 19.1 Å². The molecule has 3 aromatic heterocycles. The van der Waals surface area contributed by atoms with Crippen LogP contribution in [0.5, 0.6) is 0 Å². The highest BCUT2D eigenvalue weighted by molar-refractivity contribution is 5.92. The Morgan fingerprint density at radius 1 is 1.09 bits per heavy atom. The van der Waals surface area contributed by atoms with Gasteiger partial charge in [-0.3, -0.25) is 15.0 Å². The molecule has 1 amide bonds. The number of hydrogen-bond donors (Lipinski definition) is 1. The Balaban J connectivity index is 1.43. The number of likely N-dealkylation sites (N-methyl/N-ethyl adjacent to an activating group) is 1. The normalized spacial score (nSPS) is 15.2. The fourth-order valence-electron chi connectivity index (χ4n) is 5.58. The lowest BCUT2D eigenvalue weighted by molar-refractivity contribution is -0.894. The van der Waals surface area contributed by atoms with Gasteiger partial charge in [0.1, 0.15) is 0 Å². The number of carbonyl (C=O) groups excluding carboxylic acids is 1. The number of piperazine rings is 1. The Morgan fingerprint density at radius 3 is 2.51 bits per heavy atom. The van der Waals surface area contributed by atoms with Crippen molar-refractivity contribution in [2.24, 2.45) is 0 Å². The zero-order valence-corrected chi connectivity index (χ0v) is 25.0. The van der Waals surface area contributed by atoms with E-state index < -0.39 is 11.7 Å². The maximum Gasteiger partial charge on any atom is 0.416 e. The summed E-state index contributed by atoms with van der Waals surface area (Å²) in [4.78, 5) is 19.7. The number of aromatic nitrogens is 5. The summed E-state index contributed by atoms with van der Waals surface area (Å²) >= 11 is 0. The number of fused-ring (bicyclic) bond motifs is 1. The van der Waals surface area contributed by atoms with Crippen molar-refractivity contribution in [3.8, 4) is 34.1 Å². The second-order valence-electron chi connectivity index (χ2n) is 11.8. The molecule has 5 aromatic rings. The summed E-state index contributed by atoms with van der Waals surface area (Å²) in [5.74, 6) is -0.215. The lowest BCUT2D eigenvalue weighted by Crippen LogP contribution is -2.55. The van der Waals surface area contributed by atoms with Gasteiger partial charge in [0.15, 0.2) is 5.65 Å². The third kappa shape index (κ3) is 6.15. The zero-order valence-electron chi connectivity index (χ0n) is 25.0. The van der Waals surface area contributed by atoms with Crippen LogP contribution >= 0.6 is 0 Å². The number of nitrogens with zero attached hydrogens (tertiary/aromatic N) is 8. The van der Waals surface area contributed by atoms with Gasteiger partial charge in [0.25, 0.3) is 0 Å². The highest BCUT2D eigenvalue weighted by Gasteiger charge is 2.31. The van der Waals surface area contributed by atoms with E-state index in [0.29, 0.717) is 44.8 Å². The van der Waals surface area contributed by atoms with Crippen LogP contribution in [-0.4, -0.2) is 86.5 Å². The SMILES string of the molecule is Cc1c(-c2ccnn2-c2ccc(C#N)cc2)cn2nc(NC(=O)CN3CC[N+](C)(C)CC3)nc2c1-c1cccc(C(F)(F)F)c1. The minimum Gasteiger partial charge on any atom is -0.326 e. The van der Waals surface area contributed by atoms with E-state index in [1.54, 1.807) is 53.5 Å². The molecule has 0 aliphatic carbocycles. The van der Waals surface area contributed by atoms with Gasteiger partial charge >= 0.3 is 6.18 Å². The first-order valence-electron chi connectivity index (χ1n) is 14.4. The summed E-state index contributed by atoms with van der Waals surface area (Å²) in [6.45, 7) is 5.43. The quantitative estimate of drug-likeness (QED) is 0.276. The van der Waals surface area contributed by atoms with Gasteiger partial charge in [0, 0.05) is 30.4 Å². The number of hydrogen-bond acceptors (Lipinski definition) is 6. The summed E-state index contributed by atoms with van der Waals surface area (Å²) in [6, 6.07) is 15.9. The van der Waals surface area contributed by atoms with Crippen molar-refractivity contribution in [2.75, 3.05) is 52.1 Å². The van der Waals surface area contributed by atoms with E-state index in [1.807, 2.05) is 6.92 Å². The van der Waals surface area contributed by atoms with E-state index in [0.717, 1.165) is 42.8 Å². The van der Waals surface area contributed by atoms with E-state index in [4.69, 9.17) is 0 Å². The lowest BCUT2D eigenvalue weighted by atomic mass is 9.95. The first-order chi connectivity index (χ1) is 21.4. The van der Waals surface area contributed by atoms with Crippen molar-refractivity contribution in [1.29, 1.82) is 5.26 Å². The standard InChI is InChI=1S/C32H30F3N9O/c1-21-26(27-11-12-37-43(27)25-9-7-22(18-36)8-10-25)19-42-30(29(21)23-5-4-6-24(17-23)32(33,34)35)39-31(40-42)38-28(45)20-41-13-15-44(2,3)16-14-41/h4-12,17,19H,13-16,20H2,1-3H3/p+1. The first kappa shape index (κ1) is 30.0. The summed E-state index contributed by atoms with van der Waals surface area (Å²) in [7, 11) is 4.32. The van der Waals surface area contributed by atoms with Crippen molar-refractivity contribution in [3.05, 3.63) is 83.7 Å². The number of amides is 1. The minimum atomic E-state index is -4.54. The van der Waals surface area contributed by atoms with E-state index in [-0.39, 0.29) is 18.4 Å². The second kappa shape index (κ2) is 11.5. The van der Waals surface area contributed by atoms with Gasteiger partial charge in [-0.25, -0.2) is 9.20 Å². The third-order valence-electron chi connectivity index (χ3n) is 8.19.